The summed E-state index contributed by atoms with van der Waals surface area (Å²) >= 11 is 0. The number of carbonyl (C=O) groups excluding carboxylic acids is 1. The summed E-state index contributed by atoms with van der Waals surface area (Å²) in [5, 5.41) is 11.7. The van der Waals surface area contributed by atoms with E-state index in [9.17, 15) is 4.79 Å². The van der Waals surface area contributed by atoms with E-state index in [-0.39, 0.29) is 12.5 Å². The molecule has 4 heteroatoms. The van der Waals surface area contributed by atoms with Crippen LogP contribution in [0.1, 0.15) is 32.1 Å². The Morgan fingerprint density at radius 2 is 1.95 bits per heavy atom. The summed E-state index contributed by atoms with van der Waals surface area (Å²) < 4.78 is 0. The van der Waals surface area contributed by atoms with Crippen molar-refractivity contribution < 1.29 is 9.90 Å². The highest BCUT2D eigenvalue weighted by Gasteiger charge is 2.15. The fourth-order valence-electron chi connectivity index (χ4n) is 2.44. The van der Waals surface area contributed by atoms with E-state index in [2.05, 4.69) is 16.3 Å². The fourth-order valence-corrected chi connectivity index (χ4v) is 2.44. The van der Waals surface area contributed by atoms with Crippen LogP contribution in [-0.4, -0.2) is 30.7 Å². The summed E-state index contributed by atoms with van der Waals surface area (Å²) in [6.45, 7) is 2.17. The minimum atomic E-state index is -0.0292. The van der Waals surface area contributed by atoms with E-state index in [1.54, 1.807) is 0 Å². The van der Waals surface area contributed by atoms with Crippen molar-refractivity contribution in [2.24, 2.45) is 0 Å². The van der Waals surface area contributed by atoms with Crippen LogP contribution in [0.25, 0.3) is 0 Å². The number of carbonyl (C=O) groups is 1. The third kappa shape index (κ3) is 3.96. The second-order valence-electron chi connectivity index (χ2n) is 4.94. The molecule has 4 nitrogen and oxygen atoms in total. The first kappa shape index (κ1) is 13.9. The highest BCUT2D eigenvalue weighted by Crippen LogP contribution is 2.28. The molecule has 0 aromatic heterocycles. The van der Waals surface area contributed by atoms with Gasteiger partial charge in [-0.05, 0) is 37.8 Å². The largest absolute Gasteiger partial charge is 0.396 e. The maximum atomic E-state index is 11.8. The predicted molar refractivity (Wildman–Crippen MR) is 77.5 cm³/mol. The van der Waals surface area contributed by atoms with Crippen LogP contribution >= 0.6 is 0 Å². The van der Waals surface area contributed by atoms with Crippen LogP contribution in [-0.2, 0) is 4.79 Å². The summed E-state index contributed by atoms with van der Waals surface area (Å²) in [6, 6.07) is 7.95. The van der Waals surface area contributed by atoms with Gasteiger partial charge >= 0.3 is 0 Å². The van der Waals surface area contributed by atoms with Gasteiger partial charge in [-0.25, -0.2) is 0 Å². The quantitative estimate of drug-likeness (QED) is 0.856. The number of hydrogen-bond acceptors (Lipinski definition) is 3. The molecule has 0 saturated carbocycles. The lowest BCUT2D eigenvalue weighted by atomic mass is 10.1. The number of nitrogens with zero attached hydrogens (tertiary/aromatic N) is 1. The molecule has 1 aromatic carbocycles. The molecular weight excluding hydrogens is 240 g/mol. The molecule has 1 aliphatic rings. The van der Waals surface area contributed by atoms with Gasteiger partial charge in [0.2, 0.25) is 5.91 Å². The van der Waals surface area contributed by atoms with Crippen LogP contribution in [0.3, 0.4) is 0 Å². The van der Waals surface area contributed by atoms with Gasteiger partial charge in [0.15, 0.2) is 0 Å². The Balaban J connectivity index is 2.05. The first-order chi connectivity index (χ1) is 9.31. The molecule has 0 unspecified atom stereocenters. The number of aliphatic hydroxyl groups is 1. The molecular formula is C15H22N2O2. The van der Waals surface area contributed by atoms with E-state index >= 15 is 0 Å². The van der Waals surface area contributed by atoms with Crippen LogP contribution in [0.15, 0.2) is 24.3 Å². The number of para-hydroxylation sites is 2. The Kier molecular flexibility index (Phi) is 5.21. The van der Waals surface area contributed by atoms with Crippen molar-refractivity contribution >= 4 is 17.3 Å². The molecule has 1 aliphatic heterocycles. The molecule has 0 aliphatic carbocycles. The average Bonchev–Trinajstić information content (AvgIpc) is 2.46. The van der Waals surface area contributed by atoms with Gasteiger partial charge in [-0.1, -0.05) is 12.1 Å². The van der Waals surface area contributed by atoms with E-state index in [1.165, 1.54) is 19.3 Å². The molecule has 0 spiro atoms. The molecule has 1 fully saturated rings. The van der Waals surface area contributed by atoms with Crippen molar-refractivity contribution in [3.05, 3.63) is 24.3 Å². The second kappa shape index (κ2) is 7.14. The number of anilines is 2. The molecule has 1 aromatic rings. The van der Waals surface area contributed by atoms with Gasteiger partial charge < -0.3 is 15.3 Å². The number of aliphatic hydroxyl groups excluding tert-OH is 1. The smallest absolute Gasteiger partial charge is 0.224 e. The van der Waals surface area contributed by atoms with E-state index in [0.717, 1.165) is 24.5 Å². The Hall–Kier alpha value is -1.55. The minimum Gasteiger partial charge on any atom is -0.396 e. The zero-order valence-corrected chi connectivity index (χ0v) is 11.3. The van der Waals surface area contributed by atoms with Gasteiger partial charge in [-0.3, -0.25) is 4.79 Å². The fraction of sp³-hybridized carbons (Fsp3) is 0.533. The standard InChI is InChI=1S/C15H22N2O2/c18-12-6-9-15(19)16-13-7-2-3-8-14(13)17-10-4-1-5-11-17/h2-3,7-8,18H,1,4-6,9-12H2,(H,16,19). The number of benzene rings is 1. The number of hydrogen-bond donors (Lipinski definition) is 2. The van der Waals surface area contributed by atoms with Crippen molar-refractivity contribution in [1.29, 1.82) is 0 Å². The first-order valence-electron chi connectivity index (χ1n) is 7.06. The van der Waals surface area contributed by atoms with E-state index in [1.807, 2.05) is 18.2 Å². The molecule has 0 radical (unpaired) electrons. The summed E-state index contributed by atoms with van der Waals surface area (Å²) in [7, 11) is 0. The van der Waals surface area contributed by atoms with Gasteiger partial charge in [-0.2, -0.15) is 0 Å². The van der Waals surface area contributed by atoms with Crippen molar-refractivity contribution in [3.63, 3.8) is 0 Å². The molecule has 1 heterocycles. The van der Waals surface area contributed by atoms with Crippen LogP contribution in [0.4, 0.5) is 11.4 Å². The highest BCUT2D eigenvalue weighted by molar-refractivity contribution is 5.94. The van der Waals surface area contributed by atoms with Gasteiger partial charge in [-0.15, -0.1) is 0 Å². The maximum Gasteiger partial charge on any atom is 0.224 e. The number of nitrogens with one attached hydrogen (secondary N) is 1. The molecule has 1 amide bonds. The van der Waals surface area contributed by atoms with Gasteiger partial charge in [0.05, 0.1) is 11.4 Å². The Morgan fingerprint density at radius 3 is 2.68 bits per heavy atom. The predicted octanol–water partition coefficient (Wildman–Crippen LogP) is 2.39. The Labute approximate surface area is 114 Å². The van der Waals surface area contributed by atoms with Crippen molar-refractivity contribution in [2.45, 2.75) is 32.1 Å². The summed E-state index contributed by atoms with van der Waals surface area (Å²) in [5.41, 5.74) is 1.99. The summed E-state index contributed by atoms with van der Waals surface area (Å²) in [6.07, 6.45) is 4.60. The third-order valence-corrected chi connectivity index (χ3v) is 3.44. The normalized spacial score (nSPS) is 15.3. The highest BCUT2D eigenvalue weighted by atomic mass is 16.3. The third-order valence-electron chi connectivity index (χ3n) is 3.44. The van der Waals surface area contributed by atoms with E-state index in [0.29, 0.717) is 12.8 Å². The molecule has 2 rings (SSSR count). The Morgan fingerprint density at radius 1 is 1.21 bits per heavy atom. The van der Waals surface area contributed by atoms with Crippen LogP contribution in [0.5, 0.6) is 0 Å². The molecule has 0 atom stereocenters. The minimum absolute atomic E-state index is 0.0292. The second-order valence-corrected chi connectivity index (χ2v) is 4.94. The number of rotatable bonds is 5. The van der Waals surface area contributed by atoms with Crippen molar-refractivity contribution in [3.8, 4) is 0 Å². The summed E-state index contributed by atoms with van der Waals surface area (Å²) in [4.78, 5) is 14.1. The summed E-state index contributed by atoms with van der Waals surface area (Å²) in [5.74, 6) is -0.0292. The lowest BCUT2D eigenvalue weighted by Crippen LogP contribution is -2.30. The van der Waals surface area contributed by atoms with Crippen LogP contribution in [0, 0.1) is 0 Å². The lowest BCUT2D eigenvalue weighted by Gasteiger charge is -2.30. The molecule has 19 heavy (non-hydrogen) atoms. The number of piperidine rings is 1. The van der Waals surface area contributed by atoms with Gasteiger partial charge in [0, 0.05) is 26.1 Å². The van der Waals surface area contributed by atoms with Crippen LogP contribution in [0.2, 0.25) is 0 Å². The lowest BCUT2D eigenvalue weighted by molar-refractivity contribution is -0.116. The topological polar surface area (TPSA) is 52.6 Å². The van der Waals surface area contributed by atoms with Gasteiger partial charge in [0.25, 0.3) is 0 Å². The van der Waals surface area contributed by atoms with E-state index < -0.39 is 0 Å². The van der Waals surface area contributed by atoms with Crippen LogP contribution < -0.4 is 10.2 Å². The zero-order valence-electron chi connectivity index (χ0n) is 11.3. The monoisotopic (exact) mass is 262 g/mol. The van der Waals surface area contributed by atoms with E-state index in [4.69, 9.17) is 5.11 Å². The SMILES string of the molecule is O=C(CCCO)Nc1ccccc1N1CCCCC1. The molecule has 2 N–H and O–H groups in total. The van der Waals surface area contributed by atoms with Crippen molar-refractivity contribution in [2.75, 3.05) is 29.9 Å². The molecule has 0 bridgehead atoms. The zero-order chi connectivity index (χ0) is 13.5. The Bertz CT molecular complexity index is 414. The molecule has 1 saturated heterocycles. The average molecular weight is 262 g/mol. The number of amides is 1. The van der Waals surface area contributed by atoms with Gasteiger partial charge in [0.1, 0.15) is 0 Å². The first-order valence-corrected chi connectivity index (χ1v) is 7.06. The van der Waals surface area contributed by atoms with Crippen molar-refractivity contribution in [1.82, 2.24) is 0 Å². The maximum absolute atomic E-state index is 11.8. The molecule has 104 valence electrons.